The number of carbonyl (C=O) groups is 2. The number of methoxy groups -OCH3 is 1. The molecule has 0 aliphatic carbocycles. The molecule has 1 atom stereocenters. The lowest BCUT2D eigenvalue weighted by Crippen LogP contribution is -2.61. The number of allylic oxidation sites excluding steroid dienone is 3. The maximum atomic E-state index is 13.0. The number of nitriles is 4. The van der Waals surface area contributed by atoms with Gasteiger partial charge in [0, 0.05) is 5.70 Å². The highest BCUT2D eigenvalue weighted by molar-refractivity contribution is 6.03. The summed E-state index contributed by atoms with van der Waals surface area (Å²) < 4.78 is 9.99. The van der Waals surface area contributed by atoms with Gasteiger partial charge in [-0.3, -0.25) is 0 Å². The zero-order valence-corrected chi connectivity index (χ0v) is 16.3. The minimum atomic E-state index is -2.60. The summed E-state index contributed by atoms with van der Waals surface area (Å²) in [6.07, 6.45) is 3.91. The molecule has 0 saturated heterocycles. The molecule has 0 fully saturated rings. The molecule has 0 aromatic heterocycles. The minimum absolute atomic E-state index is 0.409. The number of fused-ring (bicyclic) bond motifs is 1. The zero-order chi connectivity index (χ0) is 22.0. The highest BCUT2D eigenvalue weighted by atomic mass is 16.5. The lowest BCUT2D eigenvalue weighted by molar-refractivity contribution is -0.147. The van der Waals surface area contributed by atoms with Crippen molar-refractivity contribution < 1.29 is 19.1 Å². The minimum Gasteiger partial charge on any atom is -0.464 e. The average molecular weight is 391 g/mol. The van der Waals surface area contributed by atoms with Gasteiger partial charge in [-0.05, 0) is 26.8 Å². The molecule has 0 bridgehead atoms. The molecule has 29 heavy (non-hydrogen) atoms. The Morgan fingerprint density at radius 1 is 1.10 bits per heavy atom. The molecule has 1 unspecified atom stereocenters. The normalized spacial score (nSPS) is 20.9. The van der Waals surface area contributed by atoms with E-state index in [0.29, 0.717) is 5.70 Å². The maximum absolute atomic E-state index is 13.0. The van der Waals surface area contributed by atoms with Gasteiger partial charge in [0.1, 0.15) is 11.3 Å². The van der Waals surface area contributed by atoms with Crippen LogP contribution in [0.1, 0.15) is 20.8 Å². The molecule has 2 heterocycles. The summed E-state index contributed by atoms with van der Waals surface area (Å²) in [5, 5.41) is 40.0. The second-order valence-electron chi connectivity index (χ2n) is 6.68. The van der Waals surface area contributed by atoms with Gasteiger partial charge in [0.2, 0.25) is 10.8 Å². The van der Waals surface area contributed by atoms with Gasteiger partial charge in [-0.15, -0.1) is 0 Å². The quantitative estimate of drug-likeness (QED) is 0.653. The maximum Gasteiger partial charge on any atom is 0.355 e. The highest BCUT2D eigenvalue weighted by Crippen LogP contribution is 2.55. The third-order valence-corrected chi connectivity index (χ3v) is 4.79. The van der Waals surface area contributed by atoms with Crippen LogP contribution < -0.4 is 0 Å². The van der Waals surface area contributed by atoms with Gasteiger partial charge in [-0.1, -0.05) is 12.2 Å². The Bertz CT molecular complexity index is 995. The molecule has 0 saturated carbocycles. The average Bonchev–Trinajstić information content (AvgIpc) is 2.70. The van der Waals surface area contributed by atoms with Crippen molar-refractivity contribution in [3.8, 4) is 24.3 Å². The molecule has 2 aliphatic heterocycles. The smallest absolute Gasteiger partial charge is 0.355 e. The van der Waals surface area contributed by atoms with Crippen LogP contribution >= 0.6 is 0 Å². The van der Waals surface area contributed by atoms with Gasteiger partial charge >= 0.3 is 11.9 Å². The van der Waals surface area contributed by atoms with Gasteiger partial charge in [-0.25, -0.2) is 9.59 Å². The zero-order valence-electron chi connectivity index (χ0n) is 16.3. The van der Waals surface area contributed by atoms with E-state index in [9.17, 15) is 30.6 Å². The first kappa shape index (κ1) is 21.2. The molecule has 9 heteroatoms. The Morgan fingerprint density at radius 2 is 1.69 bits per heavy atom. The highest BCUT2D eigenvalue weighted by Gasteiger charge is 2.69. The number of ether oxygens (including phenoxy) is 2. The third-order valence-electron chi connectivity index (χ3n) is 4.79. The lowest BCUT2D eigenvalue weighted by atomic mass is 9.55. The van der Waals surface area contributed by atoms with Crippen LogP contribution in [0.2, 0.25) is 0 Å². The summed E-state index contributed by atoms with van der Waals surface area (Å²) >= 11 is 0. The second kappa shape index (κ2) is 7.50. The molecule has 0 N–H and O–H groups in total. The van der Waals surface area contributed by atoms with Crippen LogP contribution in [0, 0.1) is 56.2 Å². The van der Waals surface area contributed by atoms with E-state index >= 15 is 0 Å². The molecule has 2 aliphatic rings. The Kier molecular flexibility index (Phi) is 5.49. The summed E-state index contributed by atoms with van der Waals surface area (Å²) in [7, 11) is 1.07. The fraction of sp³-hybridized carbons (Fsp3) is 0.400. The number of hydrogen-bond donors (Lipinski definition) is 0. The molecular formula is C20H17N5O4. The number of rotatable bonds is 3. The fourth-order valence-electron chi connectivity index (χ4n) is 3.51. The van der Waals surface area contributed by atoms with Gasteiger partial charge in [0.05, 0.1) is 43.5 Å². The van der Waals surface area contributed by atoms with Gasteiger partial charge in [0.15, 0.2) is 0 Å². The number of esters is 2. The Labute approximate surface area is 167 Å². The van der Waals surface area contributed by atoms with Crippen molar-refractivity contribution in [3.63, 3.8) is 0 Å². The monoisotopic (exact) mass is 391 g/mol. The van der Waals surface area contributed by atoms with Crippen LogP contribution in [0.15, 0.2) is 35.2 Å². The third kappa shape index (κ3) is 2.73. The molecular weight excluding hydrogens is 374 g/mol. The summed E-state index contributed by atoms with van der Waals surface area (Å²) in [4.78, 5) is 27.0. The van der Waals surface area contributed by atoms with E-state index < -0.39 is 46.2 Å². The molecule has 0 aromatic rings. The van der Waals surface area contributed by atoms with Crippen molar-refractivity contribution >= 4 is 11.9 Å². The van der Waals surface area contributed by atoms with Crippen LogP contribution in [-0.2, 0) is 19.1 Å². The first-order valence-electron chi connectivity index (χ1n) is 8.54. The van der Waals surface area contributed by atoms with Crippen molar-refractivity contribution in [1.29, 1.82) is 21.0 Å². The predicted molar refractivity (Wildman–Crippen MR) is 96.1 cm³/mol. The van der Waals surface area contributed by atoms with Crippen molar-refractivity contribution in [3.05, 3.63) is 35.2 Å². The standard InChI is InChI=1S/C20H17N5O4/c1-12(2)29-17(26)15-16(18(27)28-4)25-13(3)6-5-7-14(25)19(8-21,9-22)20(15,10-23)11-24/h5-7,12,14H,1-4H3. The van der Waals surface area contributed by atoms with E-state index in [-0.39, 0.29) is 0 Å². The van der Waals surface area contributed by atoms with Gasteiger partial charge < -0.3 is 14.4 Å². The second-order valence-corrected chi connectivity index (χ2v) is 6.68. The van der Waals surface area contributed by atoms with Crippen LogP contribution in [-0.4, -0.2) is 36.1 Å². The summed E-state index contributed by atoms with van der Waals surface area (Å²) in [5.74, 6) is -2.16. The number of carbonyl (C=O) groups excluding carboxylic acids is 2. The summed E-state index contributed by atoms with van der Waals surface area (Å²) in [5.41, 5.74) is -5.62. The largest absolute Gasteiger partial charge is 0.464 e. The fourth-order valence-corrected chi connectivity index (χ4v) is 3.51. The van der Waals surface area contributed by atoms with E-state index in [0.717, 1.165) is 7.11 Å². The Hall–Kier alpha value is -4.08. The van der Waals surface area contributed by atoms with E-state index in [1.807, 2.05) is 0 Å². The number of nitrogens with zero attached hydrogens (tertiary/aromatic N) is 5. The van der Waals surface area contributed by atoms with Crippen molar-refractivity contribution in [2.75, 3.05) is 7.11 Å². The predicted octanol–water partition coefficient (Wildman–Crippen LogP) is 1.59. The molecule has 2 rings (SSSR count). The Balaban J connectivity index is 3.12. The first-order chi connectivity index (χ1) is 13.7. The van der Waals surface area contributed by atoms with Crippen molar-refractivity contribution in [2.24, 2.45) is 10.8 Å². The van der Waals surface area contributed by atoms with Gasteiger partial charge in [0.25, 0.3) is 0 Å². The van der Waals surface area contributed by atoms with Crippen LogP contribution in [0.3, 0.4) is 0 Å². The van der Waals surface area contributed by atoms with Crippen LogP contribution in [0.25, 0.3) is 0 Å². The summed E-state index contributed by atoms with van der Waals surface area (Å²) in [6.45, 7) is 4.67. The molecule has 0 radical (unpaired) electrons. The first-order valence-corrected chi connectivity index (χ1v) is 8.54. The van der Waals surface area contributed by atoms with Crippen LogP contribution in [0.5, 0.6) is 0 Å². The van der Waals surface area contributed by atoms with E-state index in [4.69, 9.17) is 9.47 Å². The SMILES string of the molecule is COC(=O)C1=C(C(=O)OC(C)C)C(C#N)(C#N)C(C#N)(C#N)C2C=CC=C(C)N12. The van der Waals surface area contributed by atoms with E-state index in [1.165, 1.54) is 11.0 Å². The molecule has 9 nitrogen and oxygen atoms in total. The molecule has 0 spiro atoms. The van der Waals surface area contributed by atoms with E-state index in [2.05, 4.69) is 0 Å². The van der Waals surface area contributed by atoms with Crippen molar-refractivity contribution in [1.82, 2.24) is 4.90 Å². The van der Waals surface area contributed by atoms with Gasteiger partial charge in [-0.2, -0.15) is 21.0 Å². The van der Waals surface area contributed by atoms with Crippen LogP contribution in [0.4, 0.5) is 0 Å². The number of hydrogen-bond acceptors (Lipinski definition) is 9. The molecule has 0 amide bonds. The summed E-state index contributed by atoms with van der Waals surface area (Å²) in [6, 6.07) is 5.70. The van der Waals surface area contributed by atoms with E-state index in [1.54, 1.807) is 57.2 Å². The molecule has 146 valence electrons. The van der Waals surface area contributed by atoms with Crippen molar-refractivity contribution in [2.45, 2.75) is 32.9 Å². The Morgan fingerprint density at radius 3 is 2.14 bits per heavy atom. The lowest BCUT2D eigenvalue weighted by Gasteiger charge is -2.49. The topological polar surface area (TPSA) is 151 Å². The molecule has 0 aromatic carbocycles.